The molecule has 5 nitrogen and oxygen atoms in total. The van der Waals surface area contributed by atoms with E-state index in [4.69, 9.17) is 0 Å². The minimum absolute atomic E-state index is 0.317. The number of rotatable bonds is 8. The van der Waals surface area contributed by atoms with E-state index < -0.39 is 0 Å². The van der Waals surface area contributed by atoms with Crippen LogP contribution < -0.4 is 10.6 Å². The molecule has 0 unspecified atom stereocenters. The van der Waals surface area contributed by atoms with Gasteiger partial charge in [0.1, 0.15) is 0 Å². The molecule has 1 aliphatic rings. The van der Waals surface area contributed by atoms with Gasteiger partial charge < -0.3 is 15.5 Å². The lowest BCUT2D eigenvalue weighted by Crippen LogP contribution is -2.38. The fraction of sp³-hybridized carbons (Fsp3) is 0.667. The summed E-state index contributed by atoms with van der Waals surface area (Å²) in [6, 6.07) is 4.25. The lowest BCUT2D eigenvalue weighted by molar-refractivity contribution is -0.130. The maximum absolute atomic E-state index is 12.0. The van der Waals surface area contributed by atoms with Gasteiger partial charge in [0.15, 0.2) is 5.96 Å². The minimum atomic E-state index is 0.317. The molecular formula is C18H30N4OS. The molecule has 1 saturated heterocycles. The molecule has 0 atom stereocenters. The van der Waals surface area contributed by atoms with Crippen LogP contribution in [0.15, 0.2) is 22.5 Å². The average molecular weight is 351 g/mol. The second kappa shape index (κ2) is 11.1. The molecule has 24 heavy (non-hydrogen) atoms. The van der Waals surface area contributed by atoms with Crippen LogP contribution in [0, 0.1) is 0 Å². The lowest BCUT2D eigenvalue weighted by Gasteiger charge is -2.20. The third-order valence-corrected chi connectivity index (χ3v) is 5.05. The third kappa shape index (κ3) is 6.91. The highest BCUT2D eigenvalue weighted by molar-refractivity contribution is 7.09. The van der Waals surface area contributed by atoms with E-state index in [1.807, 2.05) is 4.90 Å². The van der Waals surface area contributed by atoms with Gasteiger partial charge in [-0.15, -0.1) is 11.3 Å². The molecule has 134 valence electrons. The Morgan fingerprint density at radius 3 is 3.04 bits per heavy atom. The van der Waals surface area contributed by atoms with Crippen LogP contribution in [0.25, 0.3) is 0 Å². The zero-order valence-electron chi connectivity index (χ0n) is 14.7. The van der Waals surface area contributed by atoms with Crippen molar-refractivity contribution in [1.29, 1.82) is 0 Å². The summed E-state index contributed by atoms with van der Waals surface area (Å²) in [5.41, 5.74) is 0. The first-order valence-corrected chi connectivity index (χ1v) is 10.00. The molecule has 6 heteroatoms. The molecule has 2 heterocycles. The quantitative estimate of drug-likeness (QED) is 0.430. The normalized spacial score (nSPS) is 16.1. The summed E-state index contributed by atoms with van der Waals surface area (Å²) < 4.78 is 0. The van der Waals surface area contributed by atoms with Crippen molar-refractivity contribution in [3.05, 3.63) is 22.4 Å². The van der Waals surface area contributed by atoms with E-state index in [1.165, 1.54) is 11.3 Å². The van der Waals surface area contributed by atoms with Crippen molar-refractivity contribution in [2.45, 2.75) is 45.4 Å². The summed E-state index contributed by atoms with van der Waals surface area (Å²) in [7, 11) is 0. The van der Waals surface area contributed by atoms with Gasteiger partial charge in [0, 0.05) is 44.0 Å². The smallest absolute Gasteiger partial charge is 0.222 e. The van der Waals surface area contributed by atoms with Crippen LogP contribution >= 0.6 is 11.3 Å². The minimum Gasteiger partial charge on any atom is -0.357 e. The number of carbonyl (C=O) groups excluding carboxylic acids is 1. The standard InChI is InChI=1S/C18H30N4OS/c1-2-19-18(21-12-10-16-8-6-15-24-16)20-11-7-14-22-13-5-3-4-9-17(22)23/h6,8,15H,2-5,7,9-14H2,1H3,(H2,19,20,21). The topological polar surface area (TPSA) is 56.7 Å². The Balaban J connectivity index is 1.68. The highest BCUT2D eigenvalue weighted by Gasteiger charge is 2.15. The van der Waals surface area contributed by atoms with Crippen molar-refractivity contribution in [3.8, 4) is 0 Å². The van der Waals surface area contributed by atoms with Gasteiger partial charge in [-0.2, -0.15) is 0 Å². The van der Waals surface area contributed by atoms with E-state index in [0.29, 0.717) is 5.91 Å². The Bertz CT molecular complexity index is 501. The molecule has 0 spiro atoms. The molecule has 0 saturated carbocycles. The maximum Gasteiger partial charge on any atom is 0.222 e. The largest absolute Gasteiger partial charge is 0.357 e. The number of hydrogen-bond donors (Lipinski definition) is 2. The average Bonchev–Trinajstić information content (AvgIpc) is 3.01. The monoisotopic (exact) mass is 350 g/mol. The van der Waals surface area contributed by atoms with Crippen molar-refractivity contribution >= 4 is 23.2 Å². The Morgan fingerprint density at radius 2 is 2.25 bits per heavy atom. The molecule has 0 bridgehead atoms. The van der Waals surface area contributed by atoms with Gasteiger partial charge >= 0.3 is 0 Å². The zero-order valence-corrected chi connectivity index (χ0v) is 15.5. The van der Waals surface area contributed by atoms with Crippen LogP contribution in [0.1, 0.15) is 43.9 Å². The highest BCUT2D eigenvalue weighted by atomic mass is 32.1. The number of guanidine groups is 1. The highest BCUT2D eigenvalue weighted by Crippen LogP contribution is 2.11. The van der Waals surface area contributed by atoms with Gasteiger partial charge in [-0.25, -0.2) is 0 Å². The van der Waals surface area contributed by atoms with Crippen LogP contribution in [0.2, 0.25) is 0 Å². The van der Waals surface area contributed by atoms with E-state index in [0.717, 1.165) is 70.8 Å². The summed E-state index contributed by atoms with van der Waals surface area (Å²) in [6.45, 7) is 6.31. The molecule has 1 aromatic rings. The van der Waals surface area contributed by atoms with E-state index in [2.05, 4.69) is 40.1 Å². The number of carbonyl (C=O) groups is 1. The fourth-order valence-corrected chi connectivity index (χ4v) is 3.54. The summed E-state index contributed by atoms with van der Waals surface area (Å²) in [5.74, 6) is 1.19. The van der Waals surface area contributed by atoms with Crippen LogP contribution in [-0.2, 0) is 11.2 Å². The third-order valence-electron chi connectivity index (χ3n) is 4.12. The first kappa shape index (κ1) is 18.8. The maximum atomic E-state index is 12.0. The Hall–Kier alpha value is -1.56. The first-order valence-electron chi connectivity index (χ1n) is 9.12. The van der Waals surface area contributed by atoms with Gasteiger partial charge in [0.05, 0.1) is 0 Å². The molecule has 0 aliphatic carbocycles. The number of hydrogen-bond acceptors (Lipinski definition) is 3. The van der Waals surface area contributed by atoms with Crippen LogP contribution in [0.3, 0.4) is 0 Å². The number of thiophene rings is 1. The first-order chi connectivity index (χ1) is 11.8. The van der Waals surface area contributed by atoms with Crippen molar-refractivity contribution < 1.29 is 4.79 Å². The SMILES string of the molecule is CCNC(=NCCCN1CCCCCC1=O)NCCc1cccs1. The number of likely N-dealkylation sites (tertiary alicyclic amines) is 1. The number of nitrogens with zero attached hydrogens (tertiary/aromatic N) is 2. The fourth-order valence-electron chi connectivity index (χ4n) is 2.83. The molecule has 1 amide bonds. The van der Waals surface area contributed by atoms with E-state index in [1.54, 1.807) is 11.3 Å². The number of amides is 1. The van der Waals surface area contributed by atoms with E-state index in [9.17, 15) is 4.79 Å². The van der Waals surface area contributed by atoms with Gasteiger partial charge in [-0.3, -0.25) is 9.79 Å². The molecular weight excluding hydrogens is 320 g/mol. The molecule has 2 rings (SSSR count). The number of nitrogens with one attached hydrogen (secondary N) is 2. The van der Waals surface area contributed by atoms with Crippen LogP contribution in [0.4, 0.5) is 0 Å². The van der Waals surface area contributed by atoms with Crippen LogP contribution in [0.5, 0.6) is 0 Å². The lowest BCUT2D eigenvalue weighted by atomic mass is 10.2. The van der Waals surface area contributed by atoms with Gasteiger partial charge in [0.25, 0.3) is 0 Å². The number of aliphatic imine (C=N–C) groups is 1. The van der Waals surface area contributed by atoms with Gasteiger partial charge in [-0.1, -0.05) is 12.5 Å². The Morgan fingerprint density at radius 1 is 1.33 bits per heavy atom. The Labute approximate surface area is 149 Å². The summed E-state index contributed by atoms with van der Waals surface area (Å²) >= 11 is 1.79. The summed E-state index contributed by atoms with van der Waals surface area (Å²) in [4.78, 5) is 20.0. The predicted octanol–water partition coefficient (Wildman–Crippen LogP) is 2.64. The molecule has 0 radical (unpaired) electrons. The molecule has 2 N–H and O–H groups in total. The van der Waals surface area contributed by atoms with Crippen molar-refractivity contribution in [3.63, 3.8) is 0 Å². The van der Waals surface area contributed by atoms with Crippen LogP contribution in [-0.4, -0.2) is 49.5 Å². The molecule has 1 aromatic heterocycles. The van der Waals surface area contributed by atoms with Gasteiger partial charge in [-0.05, 0) is 44.1 Å². The van der Waals surface area contributed by atoms with Crippen molar-refractivity contribution in [2.24, 2.45) is 4.99 Å². The van der Waals surface area contributed by atoms with Crippen molar-refractivity contribution in [2.75, 3.05) is 32.7 Å². The molecule has 0 aromatic carbocycles. The Kier molecular flexibility index (Phi) is 8.66. The summed E-state index contributed by atoms with van der Waals surface area (Å²) in [5, 5.41) is 8.77. The zero-order chi connectivity index (χ0) is 17.0. The van der Waals surface area contributed by atoms with Gasteiger partial charge in [0.2, 0.25) is 5.91 Å². The van der Waals surface area contributed by atoms with E-state index in [-0.39, 0.29) is 0 Å². The summed E-state index contributed by atoms with van der Waals surface area (Å²) in [6.07, 6.45) is 6.03. The van der Waals surface area contributed by atoms with Crippen molar-refractivity contribution in [1.82, 2.24) is 15.5 Å². The molecule has 1 fully saturated rings. The molecule has 1 aliphatic heterocycles. The van der Waals surface area contributed by atoms with E-state index >= 15 is 0 Å². The second-order valence-corrected chi connectivity index (χ2v) is 7.09. The predicted molar refractivity (Wildman–Crippen MR) is 102 cm³/mol. The second-order valence-electron chi connectivity index (χ2n) is 6.06.